The summed E-state index contributed by atoms with van der Waals surface area (Å²) in [6.07, 6.45) is 6.76. The molecule has 0 aromatic rings. The minimum atomic E-state index is -1.49. The predicted molar refractivity (Wildman–Crippen MR) is 207 cm³/mol. The number of carbonyl (C=O) groups is 4. The largest absolute Gasteiger partial charge is 0.464 e. The van der Waals surface area contributed by atoms with Crippen LogP contribution in [0.4, 0.5) is 0 Å². The van der Waals surface area contributed by atoms with Crippen LogP contribution in [0.15, 0.2) is 0 Å². The van der Waals surface area contributed by atoms with Crippen molar-refractivity contribution in [1.82, 2.24) is 0 Å². The zero-order valence-electron chi connectivity index (χ0n) is 33.5. The lowest BCUT2D eigenvalue weighted by atomic mass is 9.64. The second kappa shape index (κ2) is 23.8. The van der Waals surface area contributed by atoms with Crippen molar-refractivity contribution >= 4 is 52.4 Å². The van der Waals surface area contributed by atoms with Gasteiger partial charge in [0.05, 0.1) is 36.1 Å². The predicted octanol–water partition coefficient (Wildman–Crippen LogP) is 6.08. The third-order valence-corrected chi connectivity index (χ3v) is 10.7. The molecule has 3 aliphatic heterocycles. The lowest BCUT2D eigenvalue weighted by Gasteiger charge is -2.41. The van der Waals surface area contributed by atoms with E-state index in [4.69, 9.17) is 47.4 Å². The molecule has 14 nitrogen and oxygen atoms in total. The van der Waals surface area contributed by atoms with E-state index in [2.05, 4.69) is 28.6 Å². The van der Waals surface area contributed by atoms with E-state index < -0.39 is 44.4 Å². The molecule has 318 valence electrons. The van der Waals surface area contributed by atoms with Crippen LogP contribution < -0.4 is 0 Å². The summed E-state index contributed by atoms with van der Waals surface area (Å²) in [5, 5.41) is 0. The number of esters is 4. The SMILES string of the molecule is CC(C)(CC(C)(CC(C)(CC(C)(Br)C(=O)OCCOC1CCCCO1)C(=O)OCCOC1CCCCO1)C(=O)OCCOC1CCCCO1)C(=O)OCCS. The summed E-state index contributed by atoms with van der Waals surface area (Å²) < 4.78 is 55.4. The summed E-state index contributed by atoms with van der Waals surface area (Å²) in [5.41, 5.74) is -4.12. The second-order valence-electron chi connectivity index (χ2n) is 16.0. The van der Waals surface area contributed by atoms with Gasteiger partial charge in [0.1, 0.15) is 30.8 Å². The Kier molecular flexibility index (Phi) is 20.7. The molecular formula is C39H65BrO14S. The molecule has 16 heteroatoms. The zero-order chi connectivity index (χ0) is 40.4. The van der Waals surface area contributed by atoms with Crippen LogP contribution in [0.5, 0.6) is 0 Å². The van der Waals surface area contributed by atoms with Gasteiger partial charge in [-0.05, 0) is 112 Å². The molecule has 3 saturated heterocycles. The highest BCUT2D eigenvalue weighted by Gasteiger charge is 2.53. The Balaban J connectivity index is 1.80. The first-order chi connectivity index (χ1) is 26.1. The highest BCUT2D eigenvalue weighted by Crippen LogP contribution is 2.49. The third-order valence-electron chi connectivity index (χ3n) is 9.90. The fourth-order valence-electron chi connectivity index (χ4n) is 7.43. The molecule has 0 aliphatic carbocycles. The molecular weight excluding hydrogens is 804 g/mol. The van der Waals surface area contributed by atoms with Crippen LogP contribution in [0.2, 0.25) is 0 Å². The molecule has 0 radical (unpaired) electrons. The summed E-state index contributed by atoms with van der Waals surface area (Å²) in [6.45, 7) is 10.3. The van der Waals surface area contributed by atoms with Crippen molar-refractivity contribution in [3.05, 3.63) is 0 Å². The summed E-state index contributed by atoms with van der Waals surface area (Å²) in [6, 6.07) is 0. The Morgan fingerprint density at radius 1 is 0.527 bits per heavy atom. The van der Waals surface area contributed by atoms with Crippen LogP contribution in [0.25, 0.3) is 0 Å². The molecule has 0 N–H and O–H groups in total. The van der Waals surface area contributed by atoms with Crippen LogP contribution in [0.1, 0.15) is 112 Å². The molecule has 0 aromatic carbocycles. The van der Waals surface area contributed by atoms with Crippen LogP contribution in [-0.2, 0) is 66.5 Å². The molecule has 6 unspecified atom stereocenters. The van der Waals surface area contributed by atoms with Crippen molar-refractivity contribution in [3.63, 3.8) is 0 Å². The summed E-state index contributed by atoms with van der Waals surface area (Å²) in [4.78, 5) is 55.2. The lowest BCUT2D eigenvalue weighted by molar-refractivity contribution is -0.184. The van der Waals surface area contributed by atoms with Crippen molar-refractivity contribution in [2.75, 3.05) is 71.8 Å². The number of ether oxygens (including phenoxy) is 10. The number of carbonyl (C=O) groups excluding carboxylic acids is 4. The van der Waals surface area contributed by atoms with Crippen molar-refractivity contribution < 1.29 is 66.5 Å². The molecule has 0 spiro atoms. The zero-order valence-corrected chi connectivity index (χ0v) is 36.0. The Labute approximate surface area is 340 Å². The van der Waals surface area contributed by atoms with Crippen molar-refractivity contribution in [1.29, 1.82) is 0 Å². The van der Waals surface area contributed by atoms with E-state index in [0.717, 1.165) is 57.8 Å². The highest BCUT2D eigenvalue weighted by molar-refractivity contribution is 9.10. The van der Waals surface area contributed by atoms with Gasteiger partial charge in [0.2, 0.25) is 0 Å². The van der Waals surface area contributed by atoms with Gasteiger partial charge in [-0.3, -0.25) is 19.2 Å². The first kappa shape index (κ1) is 47.8. The highest BCUT2D eigenvalue weighted by atomic mass is 79.9. The lowest BCUT2D eigenvalue weighted by Crippen LogP contribution is -2.48. The van der Waals surface area contributed by atoms with Gasteiger partial charge in [-0.2, -0.15) is 12.6 Å². The van der Waals surface area contributed by atoms with Crippen molar-refractivity contribution in [3.8, 4) is 0 Å². The van der Waals surface area contributed by atoms with Gasteiger partial charge in [0.15, 0.2) is 18.9 Å². The monoisotopic (exact) mass is 868 g/mol. The third kappa shape index (κ3) is 16.7. The number of rotatable bonds is 24. The van der Waals surface area contributed by atoms with Crippen LogP contribution in [0.3, 0.4) is 0 Å². The van der Waals surface area contributed by atoms with E-state index in [1.807, 2.05) is 0 Å². The minimum absolute atomic E-state index is 0.0256. The standard InChI is InChI=1S/C39H65BrO14S/c1-36(2,32(41)54-24-25-55)26-37(3,33(42)51-21-18-48-29-12-6-9-15-45-29)27-38(4,34(43)52-22-19-49-30-13-7-10-16-46-30)28-39(5,40)35(44)53-23-20-50-31-14-8-11-17-47-31/h29-31,55H,6-28H2,1-5H3. The Morgan fingerprint density at radius 2 is 0.909 bits per heavy atom. The second-order valence-corrected chi connectivity index (χ2v) is 18.2. The fourth-order valence-corrected chi connectivity index (χ4v) is 8.25. The number of hydrogen-bond donors (Lipinski definition) is 1. The molecule has 0 bridgehead atoms. The Hall–Kier alpha value is -1.53. The average molecular weight is 870 g/mol. The normalized spacial score (nSPS) is 24.0. The van der Waals surface area contributed by atoms with Gasteiger partial charge in [0.25, 0.3) is 0 Å². The molecule has 55 heavy (non-hydrogen) atoms. The smallest absolute Gasteiger partial charge is 0.322 e. The molecule has 3 fully saturated rings. The average Bonchev–Trinajstić information content (AvgIpc) is 3.16. The van der Waals surface area contributed by atoms with Crippen molar-refractivity contribution in [2.45, 2.75) is 135 Å². The molecule has 3 heterocycles. The summed E-state index contributed by atoms with van der Waals surface area (Å²) in [7, 11) is 0. The Morgan fingerprint density at radius 3 is 1.29 bits per heavy atom. The van der Waals surface area contributed by atoms with E-state index in [1.54, 1.807) is 34.6 Å². The van der Waals surface area contributed by atoms with E-state index in [9.17, 15) is 19.2 Å². The number of halogens is 1. The van der Waals surface area contributed by atoms with Crippen LogP contribution >= 0.6 is 28.6 Å². The van der Waals surface area contributed by atoms with Crippen LogP contribution in [0, 0.1) is 16.2 Å². The van der Waals surface area contributed by atoms with Gasteiger partial charge in [0, 0.05) is 25.6 Å². The molecule has 0 aromatic heterocycles. The molecule has 3 aliphatic rings. The first-order valence-electron chi connectivity index (χ1n) is 19.8. The Bertz CT molecular complexity index is 1190. The van der Waals surface area contributed by atoms with E-state index in [-0.39, 0.29) is 84.4 Å². The number of alkyl halides is 1. The van der Waals surface area contributed by atoms with E-state index in [1.165, 1.54) is 0 Å². The summed E-state index contributed by atoms with van der Waals surface area (Å²) >= 11 is 7.70. The number of thiol groups is 1. The van der Waals surface area contributed by atoms with Gasteiger partial charge in [-0.15, -0.1) is 0 Å². The molecule has 0 amide bonds. The minimum Gasteiger partial charge on any atom is -0.464 e. The maximum absolute atomic E-state index is 14.2. The quantitative estimate of drug-likeness (QED) is 0.0391. The molecule has 3 rings (SSSR count). The topological polar surface area (TPSA) is 161 Å². The van der Waals surface area contributed by atoms with Gasteiger partial charge < -0.3 is 47.4 Å². The fraction of sp³-hybridized carbons (Fsp3) is 0.897. The van der Waals surface area contributed by atoms with Gasteiger partial charge >= 0.3 is 23.9 Å². The summed E-state index contributed by atoms with van der Waals surface area (Å²) in [5.74, 6) is -2.14. The maximum Gasteiger partial charge on any atom is 0.322 e. The van der Waals surface area contributed by atoms with Crippen LogP contribution in [-0.4, -0.2) is 119 Å². The van der Waals surface area contributed by atoms with E-state index in [0.29, 0.717) is 25.6 Å². The van der Waals surface area contributed by atoms with Crippen molar-refractivity contribution in [2.24, 2.45) is 16.2 Å². The van der Waals surface area contributed by atoms with E-state index >= 15 is 0 Å². The van der Waals surface area contributed by atoms with Gasteiger partial charge in [-0.25, -0.2) is 0 Å². The van der Waals surface area contributed by atoms with Gasteiger partial charge in [-0.1, -0.05) is 15.9 Å². The first-order valence-corrected chi connectivity index (χ1v) is 21.2. The number of hydrogen-bond acceptors (Lipinski definition) is 15. The molecule has 0 saturated carbocycles. The molecule has 6 atom stereocenters. The maximum atomic E-state index is 14.2.